The van der Waals surface area contributed by atoms with E-state index in [0.29, 0.717) is 6.42 Å². The van der Waals surface area contributed by atoms with Crippen LogP contribution in [-0.4, -0.2) is 43.7 Å². The van der Waals surface area contributed by atoms with Gasteiger partial charge < -0.3 is 9.84 Å². The normalized spacial score (nSPS) is 19.1. The minimum Gasteiger partial charge on any atom is -0.478 e. The van der Waals surface area contributed by atoms with E-state index in [1.165, 1.54) is 12.1 Å². The average Bonchev–Trinajstić information content (AvgIpc) is 2.92. The largest absolute Gasteiger partial charge is 0.478 e. The predicted octanol–water partition coefficient (Wildman–Crippen LogP) is 0.627. The van der Waals surface area contributed by atoms with Crippen LogP contribution in [-0.2, 0) is 14.8 Å². The fourth-order valence-electron chi connectivity index (χ4n) is 1.97. The van der Waals surface area contributed by atoms with E-state index in [-0.39, 0.29) is 23.2 Å². The zero-order valence-corrected chi connectivity index (χ0v) is 11.6. The molecule has 1 unspecified atom stereocenters. The maximum Gasteiger partial charge on any atom is 0.337 e. The minimum atomic E-state index is -3.70. The smallest absolute Gasteiger partial charge is 0.337 e. The van der Waals surface area contributed by atoms with Gasteiger partial charge in [-0.2, -0.15) is 0 Å². The highest BCUT2D eigenvalue weighted by Gasteiger charge is 2.19. The van der Waals surface area contributed by atoms with E-state index >= 15 is 0 Å². The molecule has 20 heavy (non-hydrogen) atoms. The van der Waals surface area contributed by atoms with Crippen LogP contribution >= 0.6 is 0 Å². The number of aromatic carboxylic acids is 1. The SMILES string of the molecule is O=C(O)c1ccc(S(=O)(=O)NCCC2CCCO2)nc1. The number of rotatable bonds is 6. The van der Waals surface area contributed by atoms with Crippen molar-refractivity contribution in [2.24, 2.45) is 0 Å². The number of nitrogens with zero attached hydrogens (tertiary/aromatic N) is 1. The maximum atomic E-state index is 11.9. The molecule has 0 aliphatic carbocycles. The van der Waals surface area contributed by atoms with Crippen molar-refractivity contribution in [1.82, 2.24) is 9.71 Å². The number of pyridine rings is 1. The number of hydrogen-bond acceptors (Lipinski definition) is 5. The lowest BCUT2D eigenvalue weighted by Gasteiger charge is -2.10. The third kappa shape index (κ3) is 3.75. The van der Waals surface area contributed by atoms with Crippen molar-refractivity contribution < 1.29 is 23.1 Å². The van der Waals surface area contributed by atoms with Gasteiger partial charge in [0.15, 0.2) is 5.03 Å². The van der Waals surface area contributed by atoms with Gasteiger partial charge in [-0.3, -0.25) is 0 Å². The number of hydrogen-bond donors (Lipinski definition) is 2. The van der Waals surface area contributed by atoms with Gasteiger partial charge in [-0.1, -0.05) is 0 Å². The topological polar surface area (TPSA) is 106 Å². The van der Waals surface area contributed by atoms with E-state index in [0.717, 1.165) is 25.6 Å². The van der Waals surface area contributed by atoms with Crippen molar-refractivity contribution in [2.45, 2.75) is 30.4 Å². The molecule has 2 rings (SSSR count). The van der Waals surface area contributed by atoms with Crippen LogP contribution in [0, 0.1) is 0 Å². The number of sulfonamides is 1. The number of ether oxygens (including phenoxy) is 1. The van der Waals surface area contributed by atoms with Crippen LogP contribution in [0.2, 0.25) is 0 Å². The van der Waals surface area contributed by atoms with Gasteiger partial charge in [0.25, 0.3) is 10.0 Å². The quantitative estimate of drug-likeness (QED) is 0.798. The van der Waals surface area contributed by atoms with Gasteiger partial charge in [0, 0.05) is 19.3 Å². The van der Waals surface area contributed by atoms with Crippen molar-refractivity contribution in [3.05, 3.63) is 23.9 Å². The van der Waals surface area contributed by atoms with E-state index in [1.54, 1.807) is 0 Å². The molecule has 1 aromatic heterocycles. The Morgan fingerprint density at radius 1 is 1.50 bits per heavy atom. The van der Waals surface area contributed by atoms with E-state index < -0.39 is 16.0 Å². The molecule has 0 saturated carbocycles. The Balaban J connectivity index is 1.93. The lowest BCUT2D eigenvalue weighted by molar-refractivity contribution is 0.0696. The summed E-state index contributed by atoms with van der Waals surface area (Å²) in [6.45, 7) is 1.00. The van der Waals surface area contributed by atoms with Crippen molar-refractivity contribution in [3.8, 4) is 0 Å². The second-order valence-electron chi connectivity index (χ2n) is 4.51. The number of carboxylic acids is 1. The number of carbonyl (C=O) groups is 1. The van der Waals surface area contributed by atoms with Gasteiger partial charge in [0.1, 0.15) is 0 Å². The van der Waals surface area contributed by atoms with Gasteiger partial charge in [0.2, 0.25) is 0 Å². The Kier molecular flexibility index (Phi) is 4.69. The molecular formula is C12H16N2O5S. The third-order valence-corrected chi connectivity index (χ3v) is 4.42. The second kappa shape index (κ2) is 6.29. The van der Waals surface area contributed by atoms with Crippen molar-refractivity contribution in [1.29, 1.82) is 0 Å². The van der Waals surface area contributed by atoms with Crippen molar-refractivity contribution in [3.63, 3.8) is 0 Å². The van der Waals surface area contributed by atoms with Gasteiger partial charge in [-0.15, -0.1) is 0 Å². The molecule has 1 saturated heterocycles. The number of nitrogens with one attached hydrogen (secondary N) is 1. The van der Waals surface area contributed by atoms with Gasteiger partial charge >= 0.3 is 5.97 Å². The Labute approximate surface area is 117 Å². The van der Waals surface area contributed by atoms with Crippen LogP contribution in [0.3, 0.4) is 0 Å². The van der Waals surface area contributed by atoms with Gasteiger partial charge in [0.05, 0.1) is 11.7 Å². The van der Waals surface area contributed by atoms with E-state index in [1.807, 2.05) is 0 Å². The standard InChI is InChI=1S/C12H16N2O5S/c15-12(16)9-3-4-11(13-8-9)20(17,18)14-6-5-10-2-1-7-19-10/h3-4,8,10,14H,1-2,5-7H2,(H,15,16). The molecule has 0 radical (unpaired) electrons. The molecule has 1 aromatic rings. The number of aromatic nitrogens is 1. The minimum absolute atomic E-state index is 0.0525. The lowest BCUT2D eigenvalue weighted by atomic mass is 10.2. The van der Waals surface area contributed by atoms with Crippen LogP contribution in [0.15, 0.2) is 23.4 Å². The molecule has 2 N–H and O–H groups in total. The van der Waals surface area contributed by atoms with E-state index in [9.17, 15) is 13.2 Å². The Hall–Kier alpha value is -1.51. The zero-order valence-electron chi connectivity index (χ0n) is 10.8. The first-order valence-corrected chi connectivity index (χ1v) is 7.78. The molecule has 0 spiro atoms. The fraction of sp³-hybridized carbons (Fsp3) is 0.500. The van der Waals surface area contributed by atoms with Crippen LogP contribution in [0.4, 0.5) is 0 Å². The first-order valence-electron chi connectivity index (χ1n) is 6.29. The molecule has 110 valence electrons. The molecule has 0 amide bonds. The summed E-state index contributed by atoms with van der Waals surface area (Å²) in [7, 11) is -3.70. The highest BCUT2D eigenvalue weighted by molar-refractivity contribution is 7.89. The van der Waals surface area contributed by atoms with E-state index in [2.05, 4.69) is 9.71 Å². The summed E-state index contributed by atoms with van der Waals surface area (Å²) in [5, 5.41) is 8.54. The Morgan fingerprint density at radius 3 is 2.85 bits per heavy atom. The van der Waals surface area contributed by atoms with Crippen LogP contribution in [0.25, 0.3) is 0 Å². The summed E-state index contributed by atoms with van der Waals surface area (Å²) in [6, 6.07) is 2.39. The molecule has 1 aliphatic heterocycles. The highest BCUT2D eigenvalue weighted by atomic mass is 32.2. The first-order chi connectivity index (χ1) is 9.49. The molecule has 1 atom stereocenters. The molecule has 8 heteroatoms. The maximum absolute atomic E-state index is 11.9. The molecule has 7 nitrogen and oxygen atoms in total. The van der Waals surface area contributed by atoms with Crippen LogP contribution < -0.4 is 4.72 Å². The molecule has 1 aliphatic rings. The van der Waals surface area contributed by atoms with Crippen molar-refractivity contribution in [2.75, 3.05) is 13.2 Å². The summed E-state index contributed by atoms with van der Waals surface area (Å²) >= 11 is 0. The fourth-order valence-corrected chi connectivity index (χ4v) is 2.94. The second-order valence-corrected chi connectivity index (χ2v) is 6.23. The summed E-state index contributed by atoms with van der Waals surface area (Å²) in [5.74, 6) is -1.15. The van der Waals surface area contributed by atoms with Crippen molar-refractivity contribution >= 4 is 16.0 Å². The molecule has 1 fully saturated rings. The predicted molar refractivity (Wildman–Crippen MR) is 70.0 cm³/mol. The summed E-state index contributed by atoms with van der Waals surface area (Å²) < 4.78 is 31.7. The number of carboxylic acid groups (broad SMARTS) is 1. The monoisotopic (exact) mass is 300 g/mol. The lowest BCUT2D eigenvalue weighted by Crippen LogP contribution is -2.28. The van der Waals surface area contributed by atoms with Gasteiger partial charge in [-0.05, 0) is 31.4 Å². The highest BCUT2D eigenvalue weighted by Crippen LogP contribution is 2.15. The Morgan fingerprint density at radius 2 is 2.30 bits per heavy atom. The zero-order chi connectivity index (χ0) is 14.6. The molecular weight excluding hydrogens is 284 g/mol. The van der Waals surface area contributed by atoms with E-state index in [4.69, 9.17) is 9.84 Å². The van der Waals surface area contributed by atoms with Crippen LogP contribution in [0.1, 0.15) is 29.6 Å². The average molecular weight is 300 g/mol. The third-order valence-electron chi connectivity index (χ3n) is 3.04. The summed E-state index contributed by atoms with van der Waals surface area (Å²) in [6.07, 6.45) is 3.71. The van der Waals surface area contributed by atoms with Crippen LogP contribution in [0.5, 0.6) is 0 Å². The molecule has 2 heterocycles. The summed E-state index contributed by atoms with van der Waals surface area (Å²) in [5.41, 5.74) is -0.0525. The van der Waals surface area contributed by atoms with Gasteiger partial charge in [-0.25, -0.2) is 22.9 Å². The Bertz CT molecular complexity index is 564. The molecule has 0 bridgehead atoms. The summed E-state index contributed by atoms with van der Waals surface area (Å²) in [4.78, 5) is 14.3. The first kappa shape index (κ1) is 14.9. The molecule has 0 aromatic carbocycles.